The van der Waals surface area contributed by atoms with Crippen molar-refractivity contribution < 1.29 is 14.9 Å². The van der Waals surface area contributed by atoms with Crippen LogP contribution in [0.1, 0.15) is 38.2 Å². The number of aliphatic hydroxyl groups is 1. The Labute approximate surface area is 120 Å². The van der Waals surface area contributed by atoms with Crippen molar-refractivity contribution in [3.05, 3.63) is 23.8 Å². The quantitative estimate of drug-likeness (QED) is 0.748. The summed E-state index contributed by atoms with van der Waals surface area (Å²) >= 11 is 0. The molecule has 0 aliphatic heterocycles. The van der Waals surface area contributed by atoms with E-state index in [1.54, 1.807) is 6.07 Å². The molecule has 2 rings (SSSR count). The van der Waals surface area contributed by atoms with Gasteiger partial charge in [0.25, 0.3) is 0 Å². The third kappa shape index (κ3) is 3.87. The van der Waals surface area contributed by atoms with Crippen LogP contribution in [0.2, 0.25) is 0 Å². The molecule has 0 saturated heterocycles. The first kappa shape index (κ1) is 15.1. The van der Waals surface area contributed by atoms with E-state index in [-0.39, 0.29) is 5.75 Å². The Balaban J connectivity index is 1.86. The standard InChI is InChI=1S/C16H25NO3/c1-2-20-15-5-3-4-13(16(15)19)10-17-14-8-6-12(11-18)7-9-14/h3-5,12,14,17-19H,2,6-11H2,1H3. The molecule has 0 radical (unpaired) electrons. The second-order valence-corrected chi connectivity index (χ2v) is 5.48. The molecule has 0 unspecified atom stereocenters. The van der Waals surface area contributed by atoms with Crippen LogP contribution in [-0.4, -0.2) is 29.5 Å². The van der Waals surface area contributed by atoms with E-state index < -0.39 is 0 Å². The summed E-state index contributed by atoms with van der Waals surface area (Å²) in [6.07, 6.45) is 4.35. The number of benzene rings is 1. The lowest BCUT2D eigenvalue weighted by Crippen LogP contribution is -2.33. The van der Waals surface area contributed by atoms with E-state index in [1.165, 1.54) is 0 Å². The van der Waals surface area contributed by atoms with Gasteiger partial charge in [-0.25, -0.2) is 0 Å². The molecule has 0 amide bonds. The fourth-order valence-electron chi connectivity index (χ4n) is 2.79. The minimum Gasteiger partial charge on any atom is -0.504 e. The summed E-state index contributed by atoms with van der Waals surface area (Å²) in [6.45, 7) is 3.42. The molecule has 1 aromatic carbocycles. The van der Waals surface area contributed by atoms with Gasteiger partial charge in [0.2, 0.25) is 0 Å². The first-order valence-corrected chi connectivity index (χ1v) is 7.52. The van der Waals surface area contributed by atoms with E-state index in [4.69, 9.17) is 9.84 Å². The highest BCUT2D eigenvalue weighted by Crippen LogP contribution is 2.30. The van der Waals surface area contributed by atoms with Crippen LogP contribution in [0, 0.1) is 5.92 Å². The summed E-state index contributed by atoms with van der Waals surface area (Å²) < 4.78 is 5.39. The van der Waals surface area contributed by atoms with Gasteiger partial charge in [-0.2, -0.15) is 0 Å². The largest absolute Gasteiger partial charge is 0.504 e. The third-order valence-corrected chi connectivity index (χ3v) is 4.07. The van der Waals surface area contributed by atoms with Gasteiger partial charge in [-0.3, -0.25) is 0 Å². The van der Waals surface area contributed by atoms with Crippen LogP contribution in [0.5, 0.6) is 11.5 Å². The lowest BCUT2D eigenvalue weighted by atomic mass is 9.86. The van der Waals surface area contributed by atoms with Gasteiger partial charge in [0.05, 0.1) is 6.61 Å². The van der Waals surface area contributed by atoms with Crippen LogP contribution in [0.3, 0.4) is 0 Å². The Hall–Kier alpha value is -1.26. The van der Waals surface area contributed by atoms with E-state index in [9.17, 15) is 5.11 Å². The van der Waals surface area contributed by atoms with Crippen LogP contribution < -0.4 is 10.1 Å². The summed E-state index contributed by atoms with van der Waals surface area (Å²) in [7, 11) is 0. The van der Waals surface area contributed by atoms with Crippen molar-refractivity contribution in [1.29, 1.82) is 0 Å². The molecule has 0 atom stereocenters. The highest BCUT2D eigenvalue weighted by Gasteiger charge is 2.20. The number of aliphatic hydroxyl groups excluding tert-OH is 1. The molecule has 1 aliphatic carbocycles. The number of nitrogens with one attached hydrogen (secondary N) is 1. The number of aromatic hydroxyl groups is 1. The number of phenolic OH excluding ortho intramolecular Hbond substituents is 1. The highest BCUT2D eigenvalue weighted by atomic mass is 16.5. The highest BCUT2D eigenvalue weighted by molar-refractivity contribution is 5.45. The van der Waals surface area contributed by atoms with E-state index in [1.807, 2.05) is 19.1 Å². The zero-order chi connectivity index (χ0) is 14.4. The van der Waals surface area contributed by atoms with Crippen molar-refractivity contribution in [2.45, 2.75) is 45.2 Å². The van der Waals surface area contributed by atoms with Crippen LogP contribution in [0.15, 0.2) is 18.2 Å². The zero-order valence-electron chi connectivity index (χ0n) is 12.1. The molecule has 112 valence electrons. The van der Waals surface area contributed by atoms with E-state index >= 15 is 0 Å². The molecular formula is C16H25NO3. The summed E-state index contributed by atoms with van der Waals surface area (Å²) in [6, 6.07) is 6.09. The van der Waals surface area contributed by atoms with Gasteiger partial charge >= 0.3 is 0 Å². The zero-order valence-corrected chi connectivity index (χ0v) is 12.1. The number of hydrogen-bond donors (Lipinski definition) is 3. The minimum atomic E-state index is 0.242. The SMILES string of the molecule is CCOc1cccc(CNC2CCC(CO)CC2)c1O. The third-order valence-electron chi connectivity index (χ3n) is 4.07. The lowest BCUT2D eigenvalue weighted by molar-refractivity contribution is 0.175. The second-order valence-electron chi connectivity index (χ2n) is 5.48. The molecule has 1 aliphatic rings. The van der Waals surface area contributed by atoms with Crippen LogP contribution >= 0.6 is 0 Å². The number of hydrogen-bond acceptors (Lipinski definition) is 4. The topological polar surface area (TPSA) is 61.7 Å². The van der Waals surface area contributed by atoms with E-state index in [0.29, 0.717) is 37.5 Å². The maximum atomic E-state index is 10.1. The first-order valence-electron chi connectivity index (χ1n) is 7.52. The number of phenols is 1. The van der Waals surface area contributed by atoms with E-state index in [0.717, 1.165) is 31.2 Å². The van der Waals surface area contributed by atoms with Gasteiger partial charge in [-0.05, 0) is 44.6 Å². The first-order chi connectivity index (χ1) is 9.74. The normalized spacial score (nSPS) is 22.7. The Kier molecular flexibility index (Phi) is 5.68. The molecule has 1 fully saturated rings. The van der Waals surface area contributed by atoms with Crippen molar-refractivity contribution in [2.24, 2.45) is 5.92 Å². The average molecular weight is 279 g/mol. The number of para-hydroxylation sites is 1. The number of ether oxygens (including phenoxy) is 1. The van der Waals surface area contributed by atoms with Gasteiger partial charge < -0.3 is 20.3 Å². The average Bonchev–Trinajstić information content (AvgIpc) is 2.49. The Morgan fingerprint density at radius 3 is 2.65 bits per heavy atom. The molecule has 0 bridgehead atoms. The minimum absolute atomic E-state index is 0.242. The molecular weight excluding hydrogens is 254 g/mol. The fourth-order valence-corrected chi connectivity index (χ4v) is 2.79. The van der Waals surface area contributed by atoms with E-state index in [2.05, 4.69) is 5.32 Å². The smallest absolute Gasteiger partial charge is 0.162 e. The van der Waals surface area contributed by atoms with Gasteiger partial charge in [-0.15, -0.1) is 0 Å². The van der Waals surface area contributed by atoms with Gasteiger partial charge in [0, 0.05) is 24.8 Å². The van der Waals surface area contributed by atoms with Crippen molar-refractivity contribution in [1.82, 2.24) is 5.32 Å². The van der Waals surface area contributed by atoms with Crippen LogP contribution in [0.4, 0.5) is 0 Å². The Morgan fingerprint density at radius 2 is 2.00 bits per heavy atom. The van der Waals surface area contributed by atoms with Crippen molar-refractivity contribution in [3.63, 3.8) is 0 Å². The maximum absolute atomic E-state index is 10.1. The molecule has 20 heavy (non-hydrogen) atoms. The van der Waals surface area contributed by atoms with Gasteiger partial charge in [-0.1, -0.05) is 12.1 Å². The molecule has 0 heterocycles. The molecule has 1 aromatic rings. The van der Waals surface area contributed by atoms with Crippen molar-refractivity contribution >= 4 is 0 Å². The van der Waals surface area contributed by atoms with Crippen molar-refractivity contribution in [2.75, 3.05) is 13.2 Å². The lowest BCUT2D eigenvalue weighted by Gasteiger charge is -2.28. The molecule has 0 aromatic heterocycles. The molecule has 3 N–H and O–H groups in total. The van der Waals surface area contributed by atoms with Gasteiger partial charge in [0.1, 0.15) is 0 Å². The molecule has 1 saturated carbocycles. The summed E-state index contributed by atoms with van der Waals surface area (Å²) in [5.41, 5.74) is 0.875. The van der Waals surface area contributed by atoms with Crippen LogP contribution in [0.25, 0.3) is 0 Å². The number of rotatable bonds is 6. The fraction of sp³-hybridized carbons (Fsp3) is 0.625. The molecule has 4 nitrogen and oxygen atoms in total. The van der Waals surface area contributed by atoms with Crippen LogP contribution in [-0.2, 0) is 6.54 Å². The molecule has 0 spiro atoms. The Morgan fingerprint density at radius 1 is 1.25 bits per heavy atom. The summed E-state index contributed by atoms with van der Waals surface area (Å²) in [4.78, 5) is 0. The predicted octanol–water partition coefficient (Wildman–Crippen LogP) is 2.43. The maximum Gasteiger partial charge on any atom is 0.162 e. The second kappa shape index (κ2) is 7.50. The van der Waals surface area contributed by atoms with Crippen molar-refractivity contribution in [3.8, 4) is 11.5 Å². The monoisotopic (exact) mass is 279 g/mol. The predicted molar refractivity (Wildman–Crippen MR) is 78.9 cm³/mol. The van der Waals surface area contributed by atoms with Gasteiger partial charge in [0.15, 0.2) is 11.5 Å². The summed E-state index contributed by atoms with van der Waals surface area (Å²) in [5, 5.41) is 22.8. The molecule has 4 heteroatoms. The summed E-state index contributed by atoms with van der Waals surface area (Å²) in [5.74, 6) is 1.27. The Bertz CT molecular complexity index is 414.